The summed E-state index contributed by atoms with van der Waals surface area (Å²) in [5.41, 5.74) is 11.3. The molecule has 31 heavy (non-hydrogen) atoms. The first-order valence-corrected chi connectivity index (χ1v) is 11.3. The van der Waals surface area contributed by atoms with Gasteiger partial charge in [-0.15, -0.1) is 11.3 Å². The largest absolute Gasteiger partial charge is 0.390 e. The number of nitrogens with two attached hydrogens (primary N) is 1. The lowest BCUT2D eigenvalue weighted by molar-refractivity contribution is 0.0973. The van der Waals surface area contributed by atoms with Crippen molar-refractivity contribution < 1.29 is 9.84 Å². The second-order valence-electron chi connectivity index (χ2n) is 8.33. The van der Waals surface area contributed by atoms with Gasteiger partial charge in [-0.05, 0) is 38.5 Å². The number of hydrogen-bond acceptors (Lipinski definition) is 9. The molecular formula is C21H25N7O2S. The third-order valence-corrected chi connectivity index (χ3v) is 7.38. The van der Waals surface area contributed by atoms with Crippen molar-refractivity contribution in [1.82, 2.24) is 25.1 Å². The second kappa shape index (κ2) is 7.84. The first-order valence-electron chi connectivity index (χ1n) is 10.4. The average molecular weight is 440 g/mol. The Balaban J connectivity index is 1.42. The molecule has 0 bridgehead atoms. The van der Waals surface area contributed by atoms with E-state index in [1.165, 1.54) is 11.3 Å². The van der Waals surface area contributed by atoms with Crippen LogP contribution in [-0.4, -0.2) is 62.1 Å². The van der Waals surface area contributed by atoms with Gasteiger partial charge in [0.1, 0.15) is 11.2 Å². The summed E-state index contributed by atoms with van der Waals surface area (Å²) < 4.78 is 5.82. The van der Waals surface area contributed by atoms with E-state index in [4.69, 9.17) is 15.5 Å². The minimum Gasteiger partial charge on any atom is -0.390 e. The standard InChI is InChI=1S/C21H25N7O2S/c1-12-16(31-11-23-12)4-3-14-17-19(27-26-14)25-20(15(9-29)24-17)28-7-5-21(6-8-28)10-30-13(2)18(21)22/h11,13,18,29H,5-10,22H2,1-2H3,(H,25,26,27)/t13-,18+/m0/s1. The summed E-state index contributed by atoms with van der Waals surface area (Å²) in [6.07, 6.45) is 1.95. The van der Waals surface area contributed by atoms with Gasteiger partial charge < -0.3 is 20.5 Å². The van der Waals surface area contributed by atoms with Gasteiger partial charge in [0.15, 0.2) is 17.2 Å². The number of aryl methyl sites for hydroxylation is 1. The number of nitrogens with one attached hydrogen (secondary N) is 1. The van der Waals surface area contributed by atoms with Crippen LogP contribution in [0.5, 0.6) is 0 Å². The maximum absolute atomic E-state index is 9.99. The molecule has 1 spiro atoms. The van der Waals surface area contributed by atoms with E-state index in [0.29, 0.717) is 35.0 Å². The van der Waals surface area contributed by atoms with Crippen molar-refractivity contribution in [2.75, 3.05) is 24.6 Å². The van der Waals surface area contributed by atoms with Crippen molar-refractivity contribution in [2.24, 2.45) is 11.1 Å². The van der Waals surface area contributed by atoms with Crippen LogP contribution < -0.4 is 10.6 Å². The van der Waals surface area contributed by atoms with Gasteiger partial charge >= 0.3 is 0 Å². The molecule has 5 heterocycles. The normalized spacial score (nSPS) is 22.8. The molecule has 0 saturated carbocycles. The highest BCUT2D eigenvalue weighted by Crippen LogP contribution is 2.42. The lowest BCUT2D eigenvalue weighted by Gasteiger charge is -2.41. The van der Waals surface area contributed by atoms with Gasteiger partial charge in [-0.25, -0.2) is 15.0 Å². The number of aliphatic hydroxyl groups is 1. The molecule has 2 atom stereocenters. The van der Waals surface area contributed by atoms with E-state index >= 15 is 0 Å². The van der Waals surface area contributed by atoms with E-state index in [-0.39, 0.29) is 24.2 Å². The number of nitrogens with zero attached hydrogens (tertiary/aromatic N) is 5. The summed E-state index contributed by atoms with van der Waals surface area (Å²) >= 11 is 1.49. The fraction of sp³-hybridized carbons (Fsp3) is 0.524. The predicted octanol–water partition coefficient (Wildman–Crippen LogP) is 1.34. The van der Waals surface area contributed by atoms with Crippen LogP contribution in [0.4, 0.5) is 5.82 Å². The summed E-state index contributed by atoms with van der Waals surface area (Å²) in [4.78, 5) is 16.7. The number of H-pyrrole nitrogens is 1. The molecule has 0 unspecified atom stereocenters. The number of fused-ring (bicyclic) bond motifs is 1. The van der Waals surface area contributed by atoms with Gasteiger partial charge in [-0.1, -0.05) is 0 Å². The van der Waals surface area contributed by atoms with E-state index in [9.17, 15) is 5.11 Å². The first kappa shape index (κ1) is 20.3. The Morgan fingerprint density at radius 1 is 1.35 bits per heavy atom. The lowest BCUT2D eigenvalue weighted by atomic mass is 9.73. The van der Waals surface area contributed by atoms with Crippen molar-refractivity contribution in [3.8, 4) is 11.8 Å². The fourth-order valence-electron chi connectivity index (χ4n) is 4.49. The van der Waals surface area contributed by atoms with Crippen LogP contribution in [0.2, 0.25) is 0 Å². The zero-order chi connectivity index (χ0) is 21.6. The van der Waals surface area contributed by atoms with Crippen LogP contribution in [0.3, 0.4) is 0 Å². The average Bonchev–Trinajstić information content (AvgIpc) is 3.46. The maximum Gasteiger partial charge on any atom is 0.177 e. The monoisotopic (exact) mass is 439 g/mol. The van der Waals surface area contributed by atoms with Crippen LogP contribution in [0.1, 0.15) is 41.7 Å². The van der Waals surface area contributed by atoms with Crippen molar-refractivity contribution >= 4 is 28.3 Å². The highest BCUT2D eigenvalue weighted by Gasteiger charge is 2.47. The zero-order valence-electron chi connectivity index (χ0n) is 17.6. The molecule has 3 aromatic heterocycles. The minimum atomic E-state index is -0.203. The van der Waals surface area contributed by atoms with E-state index in [1.54, 1.807) is 5.51 Å². The number of anilines is 1. The molecule has 2 fully saturated rings. The molecule has 3 aromatic rings. The van der Waals surface area contributed by atoms with E-state index in [0.717, 1.165) is 36.5 Å². The summed E-state index contributed by atoms with van der Waals surface area (Å²) in [6.45, 7) is 6.07. The van der Waals surface area contributed by atoms with Crippen LogP contribution >= 0.6 is 11.3 Å². The van der Waals surface area contributed by atoms with E-state index in [2.05, 4.69) is 36.9 Å². The molecule has 0 aliphatic carbocycles. The third-order valence-electron chi connectivity index (χ3n) is 6.54. The van der Waals surface area contributed by atoms with Crippen LogP contribution in [-0.2, 0) is 11.3 Å². The molecule has 0 amide bonds. The Labute approximate surface area is 184 Å². The molecule has 162 valence electrons. The molecule has 9 nitrogen and oxygen atoms in total. The fourth-order valence-corrected chi connectivity index (χ4v) is 5.14. The highest BCUT2D eigenvalue weighted by atomic mass is 32.1. The number of aromatic amines is 1. The van der Waals surface area contributed by atoms with Gasteiger partial charge in [0, 0.05) is 24.5 Å². The van der Waals surface area contributed by atoms with Gasteiger partial charge in [0.2, 0.25) is 0 Å². The predicted molar refractivity (Wildman–Crippen MR) is 118 cm³/mol. The van der Waals surface area contributed by atoms with Crippen LogP contribution in [0.25, 0.3) is 11.2 Å². The minimum absolute atomic E-state index is 0.0261. The van der Waals surface area contributed by atoms with Crippen LogP contribution in [0.15, 0.2) is 5.51 Å². The molecule has 10 heteroatoms. The smallest absolute Gasteiger partial charge is 0.177 e. The van der Waals surface area contributed by atoms with Gasteiger partial charge in [0.05, 0.1) is 35.4 Å². The number of ether oxygens (including phenoxy) is 1. The molecule has 2 saturated heterocycles. The number of aromatic nitrogens is 5. The van der Waals surface area contributed by atoms with E-state index < -0.39 is 0 Å². The Bertz CT molecular complexity index is 1170. The lowest BCUT2D eigenvalue weighted by Crippen LogP contribution is -2.51. The van der Waals surface area contributed by atoms with Crippen molar-refractivity contribution in [2.45, 2.75) is 45.4 Å². The van der Waals surface area contributed by atoms with Gasteiger partial charge in [0.25, 0.3) is 0 Å². The number of thiazole rings is 1. The molecule has 2 aliphatic rings. The maximum atomic E-state index is 9.99. The summed E-state index contributed by atoms with van der Waals surface area (Å²) in [5.74, 6) is 6.84. The third kappa shape index (κ3) is 3.47. The topological polar surface area (TPSA) is 126 Å². The molecule has 2 aliphatic heterocycles. The first-order chi connectivity index (χ1) is 15.0. The SMILES string of the molecule is Cc1ncsc1C#Cc1n[nH]c2nc(N3CCC4(CC3)CO[C@@H](C)[C@H]4N)c(CO)nc12. The van der Waals surface area contributed by atoms with Gasteiger partial charge in [-0.2, -0.15) is 5.10 Å². The Kier molecular flexibility index (Phi) is 5.14. The Morgan fingerprint density at radius 3 is 2.81 bits per heavy atom. The second-order valence-corrected chi connectivity index (χ2v) is 9.18. The molecule has 0 radical (unpaired) electrons. The summed E-state index contributed by atoms with van der Waals surface area (Å²) in [7, 11) is 0. The number of rotatable bonds is 2. The van der Waals surface area contributed by atoms with Gasteiger partial charge in [-0.3, -0.25) is 5.10 Å². The number of aliphatic hydroxyl groups excluding tert-OH is 1. The number of piperidine rings is 1. The van der Waals surface area contributed by atoms with Crippen molar-refractivity contribution in [1.29, 1.82) is 0 Å². The quantitative estimate of drug-likeness (QED) is 0.511. The highest BCUT2D eigenvalue weighted by molar-refractivity contribution is 7.10. The molecule has 0 aromatic carbocycles. The summed E-state index contributed by atoms with van der Waals surface area (Å²) in [5, 5.41) is 17.2. The van der Waals surface area contributed by atoms with Crippen molar-refractivity contribution in [3.63, 3.8) is 0 Å². The Morgan fingerprint density at radius 2 is 2.16 bits per heavy atom. The van der Waals surface area contributed by atoms with E-state index in [1.807, 2.05) is 13.8 Å². The van der Waals surface area contributed by atoms with Crippen LogP contribution in [0, 0.1) is 24.2 Å². The Hall–Kier alpha value is -2.58. The zero-order valence-corrected chi connectivity index (χ0v) is 18.4. The summed E-state index contributed by atoms with van der Waals surface area (Å²) in [6, 6.07) is 0.0523. The number of hydrogen-bond donors (Lipinski definition) is 3. The molecule has 4 N–H and O–H groups in total. The van der Waals surface area contributed by atoms with Crippen molar-refractivity contribution in [3.05, 3.63) is 27.5 Å². The molecule has 5 rings (SSSR count). The molecular weight excluding hydrogens is 414 g/mol.